The molecule has 2 aliphatic rings. The van der Waals surface area contributed by atoms with Crippen LogP contribution >= 0.6 is 12.4 Å². The number of carbonyl (C=O) groups excluding carboxylic acids is 2. The highest BCUT2D eigenvalue weighted by Gasteiger charge is 2.37. The number of rotatable bonds is 3. The van der Waals surface area contributed by atoms with Crippen molar-refractivity contribution in [1.82, 2.24) is 24.9 Å². The highest BCUT2D eigenvalue weighted by atomic mass is 35.5. The van der Waals surface area contributed by atoms with Crippen LogP contribution in [0.2, 0.25) is 0 Å². The monoisotopic (exact) mass is 431 g/mol. The van der Waals surface area contributed by atoms with Crippen LogP contribution in [0.25, 0.3) is 0 Å². The molecule has 8 heteroatoms. The van der Waals surface area contributed by atoms with E-state index in [9.17, 15) is 9.59 Å². The van der Waals surface area contributed by atoms with E-state index in [1.807, 2.05) is 60.4 Å². The van der Waals surface area contributed by atoms with Gasteiger partial charge >= 0.3 is 0 Å². The molecule has 2 fully saturated rings. The van der Waals surface area contributed by atoms with Crippen molar-refractivity contribution >= 4 is 24.2 Å². The molecule has 0 saturated carbocycles. The molecule has 0 radical (unpaired) electrons. The van der Waals surface area contributed by atoms with Gasteiger partial charge in [0.1, 0.15) is 0 Å². The number of halogens is 1. The second-order valence-electron chi connectivity index (χ2n) is 8.16. The number of nitrogens with zero attached hydrogens (tertiary/aromatic N) is 4. The van der Waals surface area contributed by atoms with Crippen molar-refractivity contribution in [2.24, 2.45) is 13.0 Å². The molecule has 4 rings (SSSR count). The topological polar surface area (TPSA) is 70.5 Å². The lowest BCUT2D eigenvalue weighted by Crippen LogP contribution is -2.41. The minimum atomic E-state index is -0.0711. The van der Waals surface area contributed by atoms with Crippen LogP contribution < -0.4 is 5.32 Å². The normalized spacial score (nSPS) is 21.8. The fourth-order valence-corrected chi connectivity index (χ4v) is 4.46. The second kappa shape index (κ2) is 9.62. The van der Waals surface area contributed by atoms with Crippen LogP contribution in [-0.4, -0.2) is 70.7 Å². The molecule has 2 saturated heterocycles. The van der Waals surface area contributed by atoms with Gasteiger partial charge in [-0.3, -0.25) is 14.3 Å². The zero-order chi connectivity index (χ0) is 20.4. The average molecular weight is 432 g/mol. The smallest absolute Gasteiger partial charge is 0.253 e. The molecule has 7 nitrogen and oxygen atoms in total. The third-order valence-electron chi connectivity index (χ3n) is 6.04. The Morgan fingerprint density at radius 2 is 1.87 bits per heavy atom. The summed E-state index contributed by atoms with van der Waals surface area (Å²) in [5.41, 5.74) is 2.92. The minimum absolute atomic E-state index is 0. The lowest BCUT2D eigenvalue weighted by atomic mass is 9.89. The number of nitrogens with one attached hydrogen (secondary N) is 1. The van der Waals surface area contributed by atoms with Crippen LogP contribution in [0.15, 0.2) is 36.7 Å². The molecule has 30 heavy (non-hydrogen) atoms. The van der Waals surface area contributed by atoms with Crippen LogP contribution in [0, 0.1) is 12.8 Å². The maximum Gasteiger partial charge on any atom is 0.253 e. The molecule has 1 N–H and O–H groups in total. The molecule has 2 atom stereocenters. The fraction of sp³-hybridized carbons (Fsp3) is 0.500. The van der Waals surface area contributed by atoms with E-state index in [0.717, 1.165) is 29.7 Å². The van der Waals surface area contributed by atoms with Crippen LogP contribution in [0.1, 0.15) is 33.8 Å². The highest BCUT2D eigenvalue weighted by Crippen LogP contribution is 2.29. The number of amides is 2. The Balaban J connectivity index is 0.00000256. The van der Waals surface area contributed by atoms with Gasteiger partial charge in [0, 0.05) is 64.0 Å². The average Bonchev–Trinajstić information content (AvgIpc) is 3.29. The molecule has 2 amide bonds. The molecule has 0 unspecified atom stereocenters. The van der Waals surface area contributed by atoms with Gasteiger partial charge in [0.05, 0.1) is 12.1 Å². The van der Waals surface area contributed by atoms with E-state index in [0.29, 0.717) is 32.7 Å². The van der Waals surface area contributed by atoms with E-state index >= 15 is 0 Å². The third kappa shape index (κ3) is 4.68. The first-order chi connectivity index (χ1) is 14.0. The van der Waals surface area contributed by atoms with E-state index in [1.165, 1.54) is 0 Å². The summed E-state index contributed by atoms with van der Waals surface area (Å²) in [5.74, 6) is 0.329. The quantitative estimate of drug-likeness (QED) is 0.804. The van der Waals surface area contributed by atoms with Crippen molar-refractivity contribution in [2.45, 2.75) is 19.3 Å². The van der Waals surface area contributed by atoms with Gasteiger partial charge in [-0.2, -0.15) is 5.10 Å². The van der Waals surface area contributed by atoms with Crippen LogP contribution in [-0.2, 0) is 11.8 Å². The summed E-state index contributed by atoms with van der Waals surface area (Å²) in [6.45, 7) is 6.05. The Labute approximate surface area is 183 Å². The third-order valence-corrected chi connectivity index (χ3v) is 6.04. The zero-order valence-corrected chi connectivity index (χ0v) is 18.4. The number of aryl methyl sites for hydroxylation is 2. The Bertz CT molecular complexity index is 899. The molecule has 1 aromatic heterocycles. The number of benzene rings is 1. The first kappa shape index (κ1) is 22.3. The van der Waals surface area contributed by atoms with Crippen molar-refractivity contribution in [1.29, 1.82) is 0 Å². The van der Waals surface area contributed by atoms with Crippen molar-refractivity contribution < 1.29 is 9.59 Å². The van der Waals surface area contributed by atoms with E-state index in [1.54, 1.807) is 4.68 Å². The minimum Gasteiger partial charge on any atom is -0.341 e. The molecule has 2 aliphatic heterocycles. The second-order valence-corrected chi connectivity index (χ2v) is 8.16. The van der Waals surface area contributed by atoms with Gasteiger partial charge in [0.15, 0.2) is 0 Å². The van der Waals surface area contributed by atoms with E-state index in [4.69, 9.17) is 0 Å². The van der Waals surface area contributed by atoms with Crippen molar-refractivity contribution in [3.8, 4) is 0 Å². The maximum absolute atomic E-state index is 13.3. The van der Waals surface area contributed by atoms with Gasteiger partial charge in [-0.05, 0) is 31.0 Å². The largest absolute Gasteiger partial charge is 0.341 e. The lowest BCUT2D eigenvalue weighted by molar-refractivity contribution is -0.135. The SMILES string of the molecule is Cc1cccc(C(=O)N2CCCN(C(=O)[C@H]3CNC[C@@H]3c3cnn(C)c3)CC2)c1.Cl. The Hall–Kier alpha value is -2.38. The summed E-state index contributed by atoms with van der Waals surface area (Å²) >= 11 is 0. The van der Waals surface area contributed by atoms with E-state index in [-0.39, 0.29) is 36.1 Å². The van der Waals surface area contributed by atoms with Gasteiger partial charge in [0.25, 0.3) is 5.91 Å². The molecular weight excluding hydrogens is 402 g/mol. The van der Waals surface area contributed by atoms with Crippen LogP contribution in [0.3, 0.4) is 0 Å². The molecule has 2 aromatic rings. The molecule has 0 bridgehead atoms. The van der Waals surface area contributed by atoms with E-state index in [2.05, 4.69) is 10.4 Å². The van der Waals surface area contributed by atoms with Gasteiger partial charge in [-0.15, -0.1) is 12.4 Å². The summed E-state index contributed by atoms with van der Waals surface area (Å²) in [7, 11) is 1.90. The summed E-state index contributed by atoms with van der Waals surface area (Å²) < 4.78 is 1.79. The Morgan fingerprint density at radius 3 is 2.60 bits per heavy atom. The molecular formula is C22H30ClN5O2. The predicted molar refractivity (Wildman–Crippen MR) is 118 cm³/mol. The van der Waals surface area contributed by atoms with Gasteiger partial charge in [-0.1, -0.05) is 17.7 Å². The van der Waals surface area contributed by atoms with Gasteiger partial charge in [-0.25, -0.2) is 0 Å². The summed E-state index contributed by atoms with van der Waals surface area (Å²) in [6.07, 6.45) is 4.67. The molecule has 0 aliphatic carbocycles. The highest BCUT2D eigenvalue weighted by molar-refractivity contribution is 5.94. The molecule has 162 valence electrons. The standard InChI is InChI=1S/C22H29N5O2.ClH/c1-16-5-3-6-17(11-16)21(28)26-7-4-8-27(10-9-26)22(29)20-14-23-13-19(20)18-12-24-25(2)15-18;/h3,5-6,11-12,15,19-20,23H,4,7-10,13-14H2,1-2H3;1H/t19-,20+;/m1./s1. The molecule has 1 aromatic carbocycles. The van der Waals surface area contributed by atoms with Gasteiger partial charge < -0.3 is 15.1 Å². The van der Waals surface area contributed by atoms with Crippen LogP contribution in [0.5, 0.6) is 0 Å². The summed E-state index contributed by atoms with van der Waals surface area (Å²) in [4.78, 5) is 30.0. The Morgan fingerprint density at radius 1 is 1.10 bits per heavy atom. The fourth-order valence-electron chi connectivity index (χ4n) is 4.46. The van der Waals surface area contributed by atoms with Gasteiger partial charge in [0.2, 0.25) is 5.91 Å². The summed E-state index contributed by atoms with van der Waals surface area (Å²) in [6, 6.07) is 7.71. The van der Waals surface area contributed by atoms with E-state index < -0.39 is 0 Å². The van der Waals surface area contributed by atoms with Crippen LogP contribution in [0.4, 0.5) is 0 Å². The number of hydrogen-bond donors (Lipinski definition) is 1. The first-order valence-electron chi connectivity index (χ1n) is 10.4. The molecule has 0 spiro atoms. The summed E-state index contributed by atoms with van der Waals surface area (Å²) in [5, 5.41) is 7.64. The number of aromatic nitrogens is 2. The van der Waals surface area contributed by atoms with Crippen molar-refractivity contribution in [3.63, 3.8) is 0 Å². The predicted octanol–water partition coefficient (Wildman–Crippen LogP) is 1.83. The lowest BCUT2D eigenvalue weighted by Gasteiger charge is -2.26. The van der Waals surface area contributed by atoms with Crippen molar-refractivity contribution in [3.05, 3.63) is 53.3 Å². The zero-order valence-electron chi connectivity index (χ0n) is 17.6. The van der Waals surface area contributed by atoms with Crippen molar-refractivity contribution in [2.75, 3.05) is 39.3 Å². The first-order valence-corrected chi connectivity index (χ1v) is 10.4. The number of hydrogen-bond acceptors (Lipinski definition) is 4. The number of carbonyl (C=O) groups is 2. The maximum atomic E-state index is 13.3. The Kier molecular flexibility index (Phi) is 7.15. The molecule has 3 heterocycles.